The quantitative estimate of drug-likeness (QED) is 0.633. The summed E-state index contributed by atoms with van der Waals surface area (Å²) in [5.74, 6) is -0.0896. The molecule has 0 bridgehead atoms. The normalized spacial score (nSPS) is 23.2. The van der Waals surface area contributed by atoms with Crippen LogP contribution >= 0.6 is 15.9 Å². The lowest BCUT2D eigenvalue weighted by Crippen LogP contribution is -2.07. The van der Waals surface area contributed by atoms with Gasteiger partial charge in [-0.1, -0.05) is 21.5 Å². The first-order valence-corrected chi connectivity index (χ1v) is 4.43. The van der Waals surface area contributed by atoms with Crippen LogP contribution in [0.5, 0.6) is 0 Å². The summed E-state index contributed by atoms with van der Waals surface area (Å²) in [6, 6.07) is 0. The summed E-state index contributed by atoms with van der Waals surface area (Å²) >= 11 is 3.40. The predicted molar refractivity (Wildman–Crippen MR) is 46.4 cm³/mol. The smallest absolute Gasteiger partial charge is 0.306 e. The molecule has 0 unspecified atom stereocenters. The van der Waals surface area contributed by atoms with Crippen LogP contribution < -0.4 is 0 Å². The van der Waals surface area contributed by atoms with Crippen LogP contribution in [0, 0.1) is 0 Å². The summed E-state index contributed by atoms with van der Waals surface area (Å²) in [4.78, 5) is 10.7. The van der Waals surface area contributed by atoms with Crippen molar-refractivity contribution < 1.29 is 9.53 Å². The molecule has 1 saturated heterocycles. The van der Waals surface area contributed by atoms with Gasteiger partial charge in [-0.05, 0) is 20.3 Å². The van der Waals surface area contributed by atoms with E-state index in [0.717, 1.165) is 10.9 Å². The molecule has 3 heteroatoms. The van der Waals surface area contributed by atoms with Crippen molar-refractivity contribution in [3.05, 3.63) is 10.1 Å². The van der Waals surface area contributed by atoms with Gasteiger partial charge in [-0.15, -0.1) is 0 Å². The lowest BCUT2D eigenvalue weighted by atomic mass is 10.2. The highest BCUT2D eigenvalue weighted by atomic mass is 79.9. The van der Waals surface area contributed by atoms with E-state index in [4.69, 9.17) is 4.74 Å². The summed E-state index contributed by atoms with van der Waals surface area (Å²) in [6.07, 6.45) is 1.34. The number of hydrogen-bond acceptors (Lipinski definition) is 2. The maximum Gasteiger partial charge on any atom is 0.306 e. The van der Waals surface area contributed by atoms with E-state index in [-0.39, 0.29) is 12.1 Å². The molecular formula is C8H11BrO2. The Labute approximate surface area is 74.7 Å². The minimum Gasteiger partial charge on any atom is -0.457 e. The number of rotatable bonds is 1. The summed E-state index contributed by atoms with van der Waals surface area (Å²) in [6.45, 7) is 3.99. The van der Waals surface area contributed by atoms with Crippen LogP contribution in [0.4, 0.5) is 0 Å². The Morgan fingerprint density at radius 3 is 2.64 bits per heavy atom. The fourth-order valence-electron chi connectivity index (χ4n) is 1.03. The van der Waals surface area contributed by atoms with Gasteiger partial charge in [0.05, 0.1) is 0 Å². The molecule has 0 aromatic carbocycles. The largest absolute Gasteiger partial charge is 0.457 e. The third kappa shape index (κ3) is 2.06. The van der Waals surface area contributed by atoms with Crippen molar-refractivity contribution >= 4 is 21.9 Å². The average Bonchev–Trinajstić information content (AvgIpc) is 2.34. The van der Waals surface area contributed by atoms with Gasteiger partial charge in [0.15, 0.2) is 0 Å². The molecule has 0 N–H and O–H groups in total. The van der Waals surface area contributed by atoms with E-state index in [1.165, 1.54) is 5.57 Å². The highest BCUT2D eigenvalue weighted by molar-refractivity contribution is 9.11. The molecule has 0 saturated carbocycles. The van der Waals surface area contributed by atoms with Crippen molar-refractivity contribution in [1.82, 2.24) is 0 Å². The van der Waals surface area contributed by atoms with E-state index in [1.807, 2.05) is 13.8 Å². The van der Waals surface area contributed by atoms with Crippen molar-refractivity contribution in [2.75, 3.05) is 0 Å². The standard InChI is InChI=1S/C8H11BrO2/c1-5(2)8(9)6-3-4-7(10)11-6/h6H,3-4H2,1-2H3/t6-/m1/s1. The Morgan fingerprint density at radius 2 is 2.27 bits per heavy atom. The topological polar surface area (TPSA) is 26.3 Å². The third-order valence-corrected chi connectivity index (χ3v) is 2.95. The van der Waals surface area contributed by atoms with Crippen LogP contribution in [0.2, 0.25) is 0 Å². The Balaban J connectivity index is 2.64. The second-order valence-electron chi connectivity index (χ2n) is 2.87. The Bertz CT molecular complexity index is 204. The number of hydrogen-bond donors (Lipinski definition) is 0. The molecule has 0 aromatic heterocycles. The second kappa shape index (κ2) is 3.39. The number of carbonyl (C=O) groups excluding carboxylic acids is 1. The van der Waals surface area contributed by atoms with Gasteiger partial charge < -0.3 is 4.74 Å². The molecule has 2 nitrogen and oxygen atoms in total. The van der Waals surface area contributed by atoms with Crippen molar-refractivity contribution in [1.29, 1.82) is 0 Å². The predicted octanol–water partition coefficient (Wildman–Crippen LogP) is 2.38. The van der Waals surface area contributed by atoms with Crippen LogP contribution in [-0.4, -0.2) is 12.1 Å². The molecule has 62 valence electrons. The van der Waals surface area contributed by atoms with Gasteiger partial charge >= 0.3 is 5.97 Å². The first kappa shape index (κ1) is 8.78. The molecule has 1 fully saturated rings. The van der Waals surface area contributed by atoms with E-state index < -0.39 is 0 Å². The SMILES string of the molecule is CC(C)=C(Br)[C@H]1CCC(=O)O1. The Kier molecular flexibility index (Phi) is 2.71. The molecule has 0 spiro atoms. The number of carbonyl (C=O) groups is 1. The summed E-state index contributed by atoms with van der Waals surface area (Å²) in [7, 11) is 0. The third-order valence-electron chi connectivity index (χ3n) is 1.64. The van der Waals surface area contributed by atoms with Crippen molar-refractivity contribution in [3.63, 3.8) is 0 Å². The number of allylic oxidation sites excluding steroid dienone is 1. The molecule has 1 aliphatic heterocycles. The van der Waals surface area contributed by atoms with Crippen LogP contribution in [0.25, 0.3) is 0 Å². The van der Waals surface area contributed by atoms with Gasteiger partial charge in [0.1, 0.15) is 6.10 Å². The maximum atomic E-state index is 10.7. The summed E-state index contributed by atoms with van der Waals surface area (Å²) in [5, 5.41) is 0. The van der Waals surface area contributed by atoms with Crippen LogP contribution in [-0.2, 0) is 9.53 Å². The lowest BCUT2D eigenvalue weighted by molar-refractivity contribution is -0.140. The molecule has 0 aromatic rings. The Hall–Kier alpha value is -0.310. The van der Waals surface area contributed by atoms with Crippen LogP contribution in [0.15, 0.2) is 10.1 Å². The molecule has 0 radical (unpaired) electrons. The number of cyclic esters (lactones) is 1. The molecule has 0 aliphatic carbocycles. The van der Waals surface area contributed by atoms with E-state index in [2.05, 4.69) is 15.9 Å². The van der Waals surface area contributed by atoms with Gasteiger partial charge in [-0.3, -0.25) is 4.79 Å². The van der Waals surface area contributed by atoms with E-state index in [9.17, 15) is 4.79 Å². The molecule has 0 amide bonds. The van der Waals surface area contributed by atoms with E-state index in [1.54, 1.807) is 0 Å². The van der Waals surface area contributed by atoms with E-state index in [0.29, 0.717) is 6.42 Å². The molecule has 1 heterocycles. The minimum atomic E-state index is -0.0896. The van der Waals surface area contributed by atoms with Gasteiger partial charge in [-0.2, -0.15) is 0 Å². The van der Waals surface area contributed by atoms with E-state index >= 15 is 0 Å². The number of esters is 1. The fraction of sp³-hybridized carbons (Fsp3) is 0.625. The van der Waals surface area contributed by atoms with Crippen molar-refractivity contribution in [3.8, 4) is 0 Å². The maximum absolute atomic E-state index is 10.7. The summed E-state index contributed by atoms with van der Waals surface area (Å²) < 4.78 is 6.06. The second-order valence-corrected chi connectivity index (χ2v) is 3.72. The highest BCUT2D eigenvalue weighted by Crippen LogP contribution is 2.27. The van der Waals surface area contributed by atoms with Gasteiger partial charge in [0, 0.05) is 10.9 Å². The minimum absolute atomic E-state index is 0.0208. The van der Waals surface area contributed by atoms with Gasteiger partial charge in [0.25, 0.3) is 0 Å². The van der Waals surface area contributed by atoms with Crippen LogP contribution in [0.3, 0.4) is 0 Å². The zero-order valence-corrected chi connectivity index (χ0v) is 8.27. The zero-order chi connectivity index (χ0) is 8.43. The zero-order valence-electron chi connectivity index (χ0n) is 6.69. The Morgan fingerprint density at radius 1 is 1.64 bits per heavy atom. The molecule has 1 atom stereocenters. The molecular weight excluding hydrogens is 208 g/mol. The van der Waals surface area contributed by atoms with Gasteiger partial charge in [0.2, 0.25) is 0 Å². The number of ether oxygens (including phenoxy) is 1. The average molecular weight is 219 g/mol. The lowest BCUT2D eigenvalue weighted by Gasteiger charge is -2.08. The molecule has 1 rings (SSSR count). The molecule has 1 aliphatic rings. The van der Waals surface area contributed by atoms with Crippen molar-refractivity contribution in [2.45, 2.75) is 32.8 Å². The number of halogens is 1. The fourth-order valence-corrected chi connectivity index (χ4v) is 1.35. The van der Waals surface area contributed by atoms with Gasteiger partial charge in [-0.25, -0.2) is 0 Å². The van der Waals surface area contributed by atoms with Crippen molar-refractivity contribution in [2.24, 2.45) is 0 Å². The first-order chi connectivity index (χ1) is 5.11. The highest BCUT2D eigenvalue weighted by Gasteiger charge is 2.25. The molecule has 11 heavy (non-hydrogen) atoms. The summed E-state index contributed by atoms with van der Waals surface area (Å²) in [5.41, 5.74) is 1.17. The monoisotopic (exact) mass is 218 g/mol. The first-order valence-electron chi connectivity index (χ1n) is 3.63. The van der Waals surface area contributed by atoms with Crippen LogP contribution in [0.1, 0.15) is 26.7 Å².